The molecule has 4 aliphatic rings. The van der Waals surface area contributed by atoms with Gasteiger partial charge in [0.15, 0.2) is 6.61 Å². The molecule has 5 heterocycles. The van der Waals surface area contributed by atoms with E-state index in [4.69, 9.17) is 19.2 Å². The topological polar surface area (TPSA) is 74.1 Å². The molecule has 0 atom stereocenters. The molecular formula is C25H25F2N3O4. The number of carbonyl (C=O) groups excluding carboxylic acids is 1. The summed E-state index contributed by atoms with van der Waals surface area (Å²) < 4.78 is 47.1. The van der Waals surface area contributed by atoms with Crippen LogP contribution in [0.25, 0.3) is 5.65 Å². The van der Waals surface area contributed by atoms with Gasteiger partial charge in [0.1, 0.15) is 22.8 Å². The number of anilines is 1. The predicted molar refractivity (Wildman–Crippen MR) is 120 cm³/mol. The van der Waals surface area contributed by atoms with Gasteiger partial charge >= 0.3 is 5.92 Å². The van der Waals surface area contributed by atoms with Crippen molar-refractivity contribution in [3.63, 3.8) is 0 Å². The van der Waals surface area contributed by atoms with Gasteiger partial charge in [0.2, 0.25) is 0 Å². The van der Waals surface area contributed by atoms with E-state index in [2.05, 4.69) is 12.2 Å². The van der Waals surface area contributed by atoms with Crippen molar-refractivity contribution in [1.82, 2.24) is 9.38 Å². The number of ether oxygens (including phenoxy) is 3. The van der Waals surface area contributed by atoms with Crippen molar-refractivity contribution in [2.24, 2.45) is 0 Å². The Hall–Kier alpha value is -3.20. The number of carbonyl (C=O) groups is 1. The van der Waals surface area contributed by atoms with E-state index in [0.717, 1.165) is 18.5 Å². The van der Waals surface area contributed by atoms with Crippen molar-refractivity contribution < 1.29 is 27.8 Å². The number of imidazole rings is 1. The summed E-state index contributed by atoms with van der Waals surface area (Å²) >= 11 is 0. The van der Waals surface area contributed by atoms with Crippen molar-refractivity contribution in [2.75, 3.05) is 18.5 Å². The Kier molecular flexibility index (Phi) is 4.34. The normalized spacial score (nSPS) is 26.3. The highest BCUT2D eigenvalue weighted by Gasteiger charge is 2.61. The molecule has 2 aromatic heterocycles. The quantitative estimate of drug-likeness (QED) is 0.588. The standard InChI is InChI=1S/C25H25F2N3O4/c1-14(2)34-18-7-20-29-19(24-10-23(3,11-24)33-12-24)9-30(20)8-17(18)28-22(31)15-5-4-6-16-21(15)32-13-25(16,26)27/h4-9,14H,10-13H2,1-3H3,(H,28,31). The zero-order valence-electron chi connectivity index (χ0n) is 19.2. The van der Waals surface area contributed by atoms with E-state index >= 15 is 0 Å². The monoisotopic (exact) mass is 469 g/mol. The smallest absolute Gasteiger partial charge is 0.310 e. The molecule has 1 aromatic carbocycles. The van der Waals surface area contributed by atoms with Crippen LogP contribution in [0.1, 0.15) is 55.2 Å². The van der Waals surface area contributed by atoms with Crippen LogP contribution in [-0.2, 0) is 16.1 Å². The van der Waals surface area contributed by atoms with Crippen LogP contribution in [0.2, 0.25) is 0 Å². The highest BCUT2D eigenvalue weighted by Crippen LogP contribution is 2.58. The molecule has 1 saturated carbocycles. The highest BCUT2D eigenvalue weighted by atomic mass is 19.3. The number of hydrogen-bond acceptors (Lipinski definition) is 5. The number of halogens is 2. The molecule has 1 N–H and O–H groups in total. The third-order valence-electron chi connectivity index (χ3n) is 6.88. The molecule has 2 saturated heterocycles. The first-order chi connectivity index (χ1) is 16.1. The fourth-order valence-corrected chi connectivity index (χ4v) is 5.46. The molecule has 7 rings (SSSR count). The number of para-hydroxylation sites is 1. The SMILES string of the molecule is CC(C)Oc1cc2nc(C34COC(C)(C3)C4)cn2cc1NC(=O)c1cccc2c1OCC2(F)F. The van der Waals surface area contributed by atoms with E-state index in [1.165, 1.54) is 18.2 Å². The fraction of sp³-hybridized carbons (Fsp3) is 0.440. The Balaban J connectivity index is 1.36. The first kappa shape index (κ1) is 21.3. The van der Waals surface area contributed by atoms with Crippen LogP contribution < -0.4 is 14.8 Å². The van der Waals surface area contributed by atoms with Crippen molar-refractivity contribution in [1.29, 1.82) is 0 Å². The molecule has 178 valence electrons. The molecule has 2 bridgehead atoms. The van der Waals surface area contributed by atoms with Crippen molar-refractivity contribution in [3.8, 4) is 11.5 Å². The van der Waals surface area contributed by atoms with Crippen LogP contribution in [0.5, 0.6) is 11.5 Å². The van der Waals surface area contributed by atoms with Gasteiger partial charge in [0.25, 0.3) is 5.91 Å². The van der Waals surface area contributed by atoms with Crippen LogP contribution in [0.15, 0.2) is 36.7 Å². The molecule has 34 heavy (non-hydrogen) atoms. The number of amides is 1. The van der Waals surface area contributed by atoms with Crippen molar-refractivity contribution >= 4 is 17.2 Å². The van der Waals surface area contributed by atoms with Gasteiger partial charge in [0, 0.05) is 23.9 Å². The molecule has 0 spiro atoms. The summed E-state index contributed by atoms with van der Waals surface area (Å²) in [4.78, 5) is 18.0. The summed E-state index contributed by atoms with van der Waals surface area (Å²) in [6.45, 7) is 5.77. The number of fused-ring (bicyclic) bond motifs is 3. The van der Waals surface area contributed by atoms with Gasteiger partial charge in [-0.25, -0.2) is 4.98 Å². The zero-order valence-corrected chi connectivity index (χ0v) is 19.2. The minimum Gasteiger partial charge on any atom is -0.489 e. The molecular weight excluding hydrogens is 444 g/mol. The summed E-state index contributed by atoms with van der Waals surface area (Å²) in [6, 6.07) is 5.97. The number of aromatic nitrogens is 2. The average molecular weight is 469 g/mol. The third kappa shape index (κ3) is 3.17. The van der Waals surface area contributed by atoms with E-state index in [0.29, 0.717) is 23.7 Å². The summed E-state index contributed by atoms with van der Waals surface area (Å²) in [7, 11) is 0. The van der Waals surface area contributed by atoms with Crippen molar-refractivity contribution in [2.45, 2.75) is 56.7 Å². The van der Waals surface area contributed by atoms with Crippen LogP contribution >= 0.6 is 0 Å². The average Bonchev–Trinajstić information content (AvgIpc) is 3.48. The fourth-order valence-electron chi connectivity index (χ4n) is 5.46. The second-order valence-electron chi connectivity index (χ2n) is 10.1. The van der Waals surface area contributed by atoms with Crippen LogP contribution in [0.3, 0.4) is 0 Å². The number of rotatable bonds is 5. The number of pyridine rings is 1. The Morgan fingerprint density at radius 2 is 2.03 bits per heavy atom. The number of nitrogens with zero attached hydrogens (tertiary/aromatic N) is 2. The molecule has 3 fully saturated rings. The lowest BCUT2D eigenvalue weighted by Crippen LogP contribution is -2.45. The minimum atomic E-state index is -3.12. The first-order valence-electron chi connectivity index (χ1n) is 11.4. The molecule has 0 radical (unpaired) electrons. The van der Waals surface area contributed by atoms with Gasteiger partial charge < -0.3 is 23.9 Å². The number of alkyl halides is 2. The molecule has 3 aliphatic heterocycles. The molecule has 9 heteroatoms. The Labute approximate surface area is 195 Å². The van der Waals surface area contributed by atoms with Crippen LogP contribution in [-0.4, -0.2) is 40.2 Å². The maximum absolute atomic E-state index is 14.1. The van der Waals surface area contributed by atoms with Crippen LogP contribution in [0.4, 0.5) is 14.5 Å². The molecule has 1 amide bonds. The summed E-state index contributed by atoms with van der Waals surface area (Å²) in [5, 5.41) is 2.82. The van der Waals surface area contributed by atoms with E-state index in [1.54, 1.807) is 12.3 Å². The van der Waals surface area contributed by atoms with E-state index in [1.807, 2.05) is 24.4 Å². The lowest BCUT2D eigenvalue weighted by molar-refractivity contribution is -0.0214. The van der Waals surface area contributed by atoms with Gasteiger partial charge in [-0.05, 0) is 45.7 Å². The summed E-state index contributed by atoms with van der Waals surface area (Å²) in [5.41, 5.74) is 1.70. The molecule has 0 unspecified atom stereocenters. The molecule has 1 aliphatic carbocycles. The van der Waals surface area contributed by atoms with E-state index in [9.17, 15) is 13.6 Å². The summed E-state index contributed by atoms with van der Waals surface area (Å²) in [5.74, 6) is -3.31. The zero-order chi connectivity index (χ0) is 23.9. The van der Waals surface area contributed by atoms with E-state index < -0.39 is 18.4 Å². The number of benzene rings is 1. The van der Waals surface area contributed by atoms with Gasteiger partial charge in [-0.15, -0.1) is 0 Å². The Morgan fingerprint density at radius 3 is 2.74 bits per heavy atom. The molecule has 7 nitrogen and oxygen atoms in total. The van der Waals surface area contributed by atoms with Gasteiger partial charge in [-0.3, -0.25) is 4.79 Å². The second-order valence-corrected chi connectivity index (χ2v) is 10.1. The second kappa shape index (κ2) is 6.91. The largest absolute Gasteiger partial charge is 0.489 e. The lowest BCUT2D eigenvalue weighted by Gasteiger charge is -2.41. The maximum atomic E-state index is 14.1. The molecule has 3 aromatic rings. The Bertz CT molecular complexity index is 1330. The Morgan fingerprint density at radius 1 is 1.24 bits per heavy atom. The third-order valence-corrected chi connectivity index (χ3v) is 6.88. The maximum Gasteiger partial charge on any atom is 0.310 e. The van der Waals surface area contributed by atoms with E-state index in [-0.39, 0.29) is 34.0 Å². The van der Waals surface area contributed by atoms with Crippen molar-refractivity contribution in [3.05, 3.63) is 53.5 Å². The number of nitrogens with one attached hydrogen (secondary N) is 1. The summed E-state index contributed by atoms with van der Waals surface area (Å²) in [6.07, 6.45) is 5.43. The van der Waals surface area contributed by atoms with Crippen LogP contribution in [0, 0.1) is 0 Å². The van der Waals surface area contributed by atoms with Gasteiger partial charge in [-0.2, -0.15) is 8.78 Å². The lowest BCUT2D eigenvalue weighted by atomic mass is 9.62. The van der Waals surface area contributed by atoms with Gasteiger partial charge in [0.05, 0.1) is 35.1 Å². The highest BCUT2D eigenvalue weighted by molar-refractivity contribution is 6.07. The van der Waals surface area contributed by atoms with Gasteiger partial charge in [-0.1, -0.05) is 6.07 Å². The first-order valence-corrected chi connectivity index (χ1v) is 11.4. The predicted octanol–water partition coefficient (Wildman–Crippen LogP) is 4.68. The minimum absolute atomic E-state index is 0.0485. The number of hydrogen-bond donors (Lipinski definition) is 1.